The van der Waals surface area contributed by atoms with E-state index in [1.54, 1.807) is 0 Å². The lowest BCUT2D eigenvalue weighted by Crippen LogP contribution is -2.54. The van der Waals surface area contributed by atoms with Gasteiger partial charge < -0.3 is 5.32 Å². The quantitative estimate of drug-likeness (QED) is 0.897. The van der Waals surface area contributed by atoms with Gasteiger partial charge in [0, 0.05) is 29.2 Å². The number of rotatable bonds is 3. The fourth-order valence-electron chi connectivity index (χ4n) is 1.88. The van der Waals surface area contributed by atoms with Crippen LogP contribution in [0.25, 0.3) is 0 Å². The molecule has 1 aliphatic heterocycles. The Morgan fingerprint density at radius 1 is 1.57 bits per heavy atom. The zero-order valence-electron chi connectivity index (χ0n) is 8.39. The second-order valence-electron chi connectivity index (χ2n) is 4.07. The van der Waals surface area contributed by atoms with E-state index in [2.05, 4.69) is 39.2 Å². The Bertz CT molecular complexity index is 315. The summed E-state index contributed by atoms with van der Waals surface area (Å²) in [6, 6.07) is 4.03. The summed E-state index contributed by atoms with van der Waals surface area (Å²) in [5, 5.41) is 3.35. The molecule has 0 saturated carbocycles. The predicted molar refractivity (Wildman–Crippen MR) is 61.2 cm³/mol. The first kappa shape index (κ1) is 10.1. The fraction of sp³-hybridized carbons (Fsp3) is 0.545. The third-order valence-electron chi connectivity index (χ3n) is 3.13. The smallest absolute Gasteiger partial charge is 0.0551 e. The molecule has 2 nitrogen and oxygen atoms in total. The normalized spacial score (nSPS) is 19.0. The second kappa shape index (κ2) is 3.99. The van der Waals surface area contributed by atoms with Crippen molar-refractivity contribution in [2.75, 3.05) is 13.1 Å². The van der Waals surface area contributed by atoms with Gasteiger partial charge in [-0.3, -0.25) is 4.98 Å². The van der Waals surface area contributed by atoms with Crippen LogP contribution in [0.3, 0.4) is 0 Å². The molecule has 0 aliphatic carbocycles. The Balaban J connectivity index is 2.13. The molecule has 2 heterocycles. The molecule has 0 aromatic carbocycles. The fourth-order valence-corrected chi connectivity index (χ4v) is 2.28. The molecular formula is C11H15BrN2. The van der Waals surface area contributed by atoms with Crippen molar-refractivity contribution in [2.24, 2.45) is 5.41 Å². The molecule has 2 rings (SSSR count). The third kappa shape index (κ3) is 1.84. The van der Waals surface area contributed by atoms with Crippen molar-refractivity contribution < 1.29 is 0 Å². The lowest BCUT2D eigenvalue weighted by molar-refractivity contribution is 0.158. The Morgan fingerprint density at radius 3 is 2.86 bits per heavy atom. The van der Waals surface area contributed by atoms with Gasteiger partial charge >= 0.3 is 0 Å². The van der Waals surface area contributed by atoms with Crippen molar-refractivity contribution in [2.45, 2.75) is 19.8 Å². The maximum atomic E-state index is 4.42. The summed E-state index contributed by atoms with van der Waals surface area (Å²) >= 11 is 3.55. The van der Waals surface area contributed by atoms with Gasteiger partial charge in [0.25, 0.3) is 0 Å². The SMILES string of the molecule is CCC1(Cc2ncccc2Br)CNC1. The largest absolute Gasteiger partial charge is 0.316 e. The monoisotopic (exact) mass is 254 g/mol. The summed E-state index contributed by atoms with van der Waals surface area (Å²) < 4.78 is 1.14. The summed E-state index contributed by atoms with van der Waals surface area (Å²) in [7, 11) is 0. The van der Waals surface area contributed by atoms with Crippen LogP contribution in [0.2, 0.25) is 0 Å². The lowest BCUT2D eigenvalue weighted by Gasteiger charge is -2.42. The van der Waals surface area contributed by atoms with Gasteiger partial charge in [0.2, 0.25) is 0 Å². The Kier molecular flexibility index (Phi) is 2.88. The van der Waals surface area contributed by atoms with Crippen LogP contribution in [0.5, 0.6) is 0 Å². The molecular weight excluding hydrogens is 240 g/mol. The van der Waals surface area contributed by atoms with Crippen molar-refractivity contribution in [3.05, 3.63) is 28.5 Å². The molecule has 1 fully saturated rings. The van der Waals surface area contributed by atoms with Crippen LogP contribution >= 0.6 is 15.9 Å². The maximum absolute atomic E-state index is 4.42. The molecule has 1 aromatic rings. The van der Waals surface area contributed by atoms with Crippen molar-refractivity contribution in [1.29, 1.82) is 0 Å². The Labute approximate surface area is 93.3 Å². The summed E-state index contributed by atoms with van der Waals surface area (Å²) in [5.74, 6) is 0. The first-order valence-electron chi connectivity index (χ1n) is 5.06. The summed E-state index contributed by atoms with van der Waals surface area (Å²) in [6.07, 6.45) is 4.18. The van der Waals surface area contributed by atoms with Gasteiger partial charge in [-0.25, -0.2) is 0 Å². The first-order valence-corrected chi connectivity index (χ1v) is 5.85. The van der Waals surface area contributed by atoms with Gasteiger partial charge in [0.05, 0.1) is 5.69 Å². The van der Waals surface area contributed by atoms with E-state index >= 15 is 0 Å². The van der Waals surface area contributed by atoms with E-state index in [0.29, 0.717) is 5.41 Å². The van der Waals surface area contributed by atoms with Crippen molar-refractivity contribution in [3.63, 3.8) is 0 Å². The number of nitrogens with one attached hydrogen (secondary N) is 1. The minimum atomic E-state index is 0.455. The molecule has 1 N–H and O–H groups in total. The van der Waals surface area contributed by atoms with Crippen LogP contribution in [0, 0.1) is 5.41 Å². The number of halogens is 1. The van der Waals surface area contributed by atoms with Gasteiger partial charge in [0.15, 0.2) is 0 Å². The topological polar surface area (TPSA) is 24.9 Å². The minimum Gasteiger partial charge on any atom is -0.316 e. The molecule has 3 heteroatoms. The number of aromatic nitrogens is 1. The zero-order valence-corrected chi connectivity index (χ0v) is 9.97. The van der Waals surface area contributed by atoms with E-state index in [0.717, 1.165) is 24.0 Å². The summed E-state index contributed by atoms with van der Waals surface area (Å²) in [5.41, 5.74) is 1.65. The number of hydrogen-bond donors (Lipinski definition) is 1. The van der Waals surface area contributed by atoms with E-state index < -0.39 is 0 Å². The maximum Gasteiger partial charge on any atom is 0.0551 e. The average molecular weight is 255 g/mol. The predicted octanol–water partition coefficient (Wildman–Crippen LogP) is 2.39. The van der Waals surface area contributed by atoms with Gasteiger partial charge in [-0.1, -0.05) is 6.92 Å². The molecule has 14 heavy (non-hydrogen) atoms. The Hall–Kier alpha value is -0.410. The van der Waals surface area contributed by atoms with Gasteiger partial charge in [-0.2, -0.15) is 0 Å². The Morgan fingerprint density at radius 2 is 2.36 bits per heavy atom. The molecule has 1 aliphatic rings. The molecule has 1 saturated heterocycles. The highest BCUT2D eigenvalue weighted by Crippen LogP contribution is 2.32. The number of hydrogen-bond acceptors (Lipinski definition) is 2. The van der Waals surface area contributed by atoms with Gasteiger partial charge in [0.1, 0.15) is 0 Å². The second-order valence-corrected chi connectivity index (χ2v) is 4.92. The molecule has 0 bridgehead atoms. The first-order chi connectivity index (χ1) is 6.76. The van der Waals surface area contributed by atoms with E-state index in [4.69, 9.17) is 0 Å². The highest BCUT2D eigenvalue weighted by molar-refractivity contribution is 9.10. The van der Waals surface area contributed by atoms with Crippen LogP contribution in [0.15, 0.2) is 22.8 Å². The summed E-state index contributed by atoms with van der Waals surface area (Å²) in [6.45, 7) is 4.52. The van der Waals surface area contributed by atoms with Crippen LogP contribution in [-0.2, 0) is 6.42 Å². The molecule has 0 amide bonds. The van der Waals surface area contributed by atoms with Crippen LogP contribution in [0.1, 0.15) is 19.0 Å². The van der Waals surface area contributed by atoms with Gasteiger partial charge in [-0.05, 0) is 40.9 Å². The molecule has 1 aromatic heterocycles. The highest BCUT2D eigenvalue weighted by Gasteiger charge is 2.35. The van der Waals surface area contributed by atoms with E-state index in [1.807, 2.05) is 12.3 Å². The van der Waals surface area contributed by atoms with E-state index in [1.165, 1.54) is 12.1 Å². The zero-order chi connectivity index (χ0) is 10.0. The minimum absolute atomic E-state index is 0.455. The standard InChI is InChI=1S/C11H15BrN2/c1-2-11(7-13-8-11)6-10-9(12)4-3-5-14-10/h3-5,13H,2,6-8H2,1H3. The third-order valence-corrected chi connectivity index (χ3v) is 3.85. The van der Waals surface area contributed by atoms with Crippen molar-refractivity contribution in [3.8, 4) is 0 Å². The number of nitrogens with zero attached hydrogens (tertiary/aromatic N) is 1. The van der Waals surface area contributed by atoms with E-state index in [-0.39, 0.29) is 0 Å². The van der Waals surface area contributed by atoms with E-state index in [9.17, 15) is 0 Å². The highest BCUT2D eigenvalue weighted by atomic mass is 79.9. The number of pyridine rings is 1. The molecule has 0 atom stereocenters. The molecule has 0 radical (unpaired) electrons. The lowest BCUT2D eigenvalue weighted by atomic mass is 9.75. The van der Waals surface area contributed by atoms with Gasteiger partial charge in [-0.15, -0.1) is 0 Å². The van der Waals surface area contributed by atoms with Crippen molar-refractivity contribution in [1.82, 2.24) is 10.3 Å². The molecule has 0 spiro atoms. The van der Waals surface area contributed by atoms with Crippen molar-refractivity contribution >= 4 is 15.9 Å². The molecule has 76 valence electrons. The van der Waals surface area contributed by atoms with Crippen LogP contribution in [-0.4, -0.2) is 18.1 Å². The summed E-state index contributed by atoms with van der Waals surface area (Å²) in [4.78, 5) is 4.42. The molecule has 0 unspecified atom stereocenters. The van der Waals surface area contributed by atoms with Crippen LogP contribution < -0.4 is 5.32 Å². The van der Waals surface area contributed by atoms with Crippen LogP contribution in [0.4, 0.5) is 0 Å². The average Bonchev–Trinajstić information content (AvgIpc) is 2.14.